The average molecular weight is 251 g/mol. The maximum atomic E-state index is 11.9. The van der Waals surface area contributed by atoms with Gasteiger partial charge in [0.05, 0.1) is 0 Å². The van der Waals surface area contributed by atoms with E-state index < -0.39 is 5.97 Å². The normalized spacial score (nSPS) is 10.1. The summed E-state index contributed by atoms with van der Waals surface area (Å²) in [6.45, 7) is 1.60. The number of amides is 1. The molecule has 0 aliphatic heterocycles. The summed E-state index contributed by atoms with van der Waals surface area (Å²) in [4.78, 5) is 23.9. The molecule has 0 fully saturated rings. The second kappa shape index (κ2) is 6.64. The molecule has 5 heteroatoms. The predicted molar refractivity (Wildman–Crippen MR) is 67.6 cm³/mol. The summed E-state index contributed by atoms with van der Waals surface area (Å²) < 4.78 is 0. The molecule has 1 aromatic carbocycles. The Hall–Kier alpha value is -2.04. The van der Waals surface area contributed by atoms with Gasteiger partial charge >= 0.3 is 5.97 Å². The molecule has 0 aromatic heterocycles. The molecule has 0 radical (unpaired) electrons. The maximum absolute atomic E-state index is 11.9. The van der Waals surface area contributed by atoms with Crippen molar-refractivity contribution < 1.29 is 19.8 Å². The number of phenolic OH excluding ortho intramolecular Hbond substituents is 1. The van der Waals surface area contributed by atoms with E-state index in [0.717, 1.165) is 12.8 Å². The van der Waals surface area contributed by atoms with E-state index >= 15 is 0 Å². The zero-order chi connectivity index (χ0) is 13.5. The van der Waals surface area contributed by atoms with Crippen LogP contribution in [-0.4, -0.2) is 28.6 Å². The van der Waals surface area contributed by atoms with Crippen LogP contribution in [0.15, 0.2) is 24.3 Å². The van der Waals surface area contributed by atoms with Gasteiger partial charge in [0.1, 0.15) is 12.3 Å². The number of unbranched alkanes of at least 4 members (excludes halogenated alkanes) is 1. The van der Waals surface area contributed by atoms with Crippen LogP contribution in [0.25, 0.3) is 0 Å². The van der Waals surface area contributed by atoms with Crippen LogP contribution in [0.4, 0.5) is 5.69 Å². The minimum absolute atomic E-state index is 0.0787. The van der Waals surface area contributed by atoms with Gasteiger partial charge < -0.3 is 15.1 Å². The van der Waals surface area contributed by atoms with Crippen LogP contribution >= 0.6 is 0 Å². The number of carbonyl (C=O) groups is 2. The van der Waals surface area contributed by atoms with E-state index in [1.54, 1.807) is 0 Å². The molecule has 98 valence electrons. The molecular weight excluding hydrogens is 234 g/mol. The number of aliphatic carboxylic acids is 1. The van der Waals surface area contributed by atoms with Crippen molar-refractivity contribution in [2.45, 2.75) is 26.2 Å². The van der Waals surface area contributed by atoms with Gasteiger partial charge in [0, 0.05) is 12.1 Å². The zero-order valence-corrected chi connectivity index (χ0v) is 10.3. The van der Waals surface area contributed by atoms with E-state index in [9.17, 15) is 14.7 Å². The molecule has 5 nitrogen and oxygen atoms in total. The third-order valence-electron chi connectivity index (χ3n) is 2.50. The van der Waals surface area contributed by atoms with E-state index in [2.05, 4.69) is 0 Å². The number of phenols is 1. The van der Waals surface area contributed by atoms with Gasteiger partial charge in [-0.15, -0.1) is 0 Å². The van der Waals surface area contributed by atoms with Gasteiger partial charge in [-0.25, -0.2) is 0 Å². The van der Waals surface area contributed by atoms with E-state index in [1.165, 1.54) is 29.2 Å². The highest BCUT2D eigenvalue weighted by molar-refractivity contribution is 5.97. The maximum Gasteiger partial charge on any atom is 0.323 e. The molecule has 0 atom stereocenters. The summed E-state index contributed by atoms with van der Waals surface area (Å²) >= 11 is 0. The Labute approximate surface area is 106 Å². The number of hydrogen-bond donors (Lipinski definition) is 2. The number of carbonyl (C=O) groups excluding carboxylic acids is 1. The van der Waals surface area contributed by atoms with Gasteiger partial charge in [0.15, 0.2) is 0 Å². The molecule has 1 rings (SSSR count). The fourth-order valence-electron chi connectivity index (χ4n) is 1.55. The van der Waals surface area contributed by atoms with Crippen molar-refractivity contribution in [1.82, 2.24) is 0 Å². The molecule has 0 aliphatic carbocycles. The predicted octanol–water partition coefficient (Wildman–Crippen LogP) is 2.00. The molecular formula is C13H17NO4. The van der Waals surface area contributed by atoms with Crippen LogP contribution in [0.3, 0.4) is 0 Å². The van der Waals surface area contributed by atoms with Gasteiger partial charge in [0.2, 0.25) is 5.91 Å². The molecule has 0 unspecified atom stereocenters. The van der Waals surface area contributed by atoms with Crippen LogP contribution in [0.2, 0.25) is 0 Å². The standard InChI is InChI=1S/C13H17NO4/c1-2-3-4-12(16)14(9-13(17)18)10-5-7-11(15)8-6-10/h5-8,15H,2-4,9H2,1H3,(H,17,18). The first kappa shape index (κ1) is 14.0. The number of carboxylic acids is 1. The molecule has 1 amide bonds. The van der Waals surface area contributed by atoms with Crippen molar-refractivity contribution in [1.29, 1.82) is 0 Å². The summed E-state index contributed by atoms with van der Waals surface area (Å²) in [5.41, 5.74) is 0.483. The topological polar surface area (TPSA) is 77.8 Å². The van der Waals surface area contributed by atoms with Crippen LogP contribution in [0, 0.1) is 0 Å². The van der Waals surface area contributed by atoms with Crippen molar-refractivity contribution in [3.05, 3.63) is 24.3 Å². The first-order valence-electron chi connectivity index (χ1n) is 5.85. The highest BCUT2D eigenvalue weighted by Crippen LogP contribution is 2.19. The first-order valence-corrected chi connectivity index (χ1v) is 5.85. The monoisotopic (exact) mass is 251 g/mol. The molecule has 0 bridgehead atoms. The molecule has 1 aromatic rings. The van der Waals surface area contributed by atoms with E-state index in [1.807, 2.05) is 6.92 Å². The van der Waals surface area contributed by atoms with Gasteiger partial charge in [-0.1, -0.05) is 13.3 Å². The second-order valence-corrected chi connectivity index (χ2v) is 3.99. The number of hydrogen-bond acceptors (Lipinski definition) is 3. The fourth-order valence-corrected chi connectivity index (χ4v) is 1.55. The quantitative estimate of drug-likeness (QED) is 0.810. The van der Waals surface area contributed by atoms with E-state index in [4.69, 9.17) is 5.11 Å². The van der Waals surface area contributed by atoms with Crippen LogP contribution in [0.1, 0.15) is 26.2 Å². The third-order valence-corrected chi connectivity index (χ3v) is 2.50. The van der Waals surface area contributed by atoms with Crippen LogP contribution < -0.4 is 4.90 Å². The number of benzene rings is 1. The lowest BCUT2D eigenvalue weighted by Crippen LogP contribution is -2.35. The summed E-state index contributed by atoms with van der Waals surface area (Å²) in [5, 5.41) is 18.0. The Kier molecular flexibility index (Phi) is 5.17. The van der Waals surface area contributed by atoms with Crippen molar-refractivity contribution in [2.24, 2.45) is 0 Å². The zero-order valence-electron chi connectivity index (χ0n) is 10.3. The van der Waals surface area contributed by atoms with Gasteiger partial charge in [0.25, 0.3) is 0 Å². The average Bonchev–Trinajstić information content (AvgIpc) is 2.34. The van der Waals surface area contributed by atoms with Gasteiger partial charge in [-0.05, 0) is 30.7 Å². The Morgan fingerprint density at radius 1 is 1.22 bits per heavy atom. The lowest BCUT2D eigenvalue weighted by molar-refractivity contribution is -0.136. The fraction of sp³-hybridized carbons (Fsp3) is 0.385. The molecule has 0 saturated heterocycles. The minimum Gasteiger partial charge on any atom is -0.508 e. The highest BCUT2D eigenvalue weighted by Gasteiger charge is 2.18. The molecule has 2 N–H and O–H groups in total. The second-order valence-electron chi connectivity index (χ2n) is 3.99. The molecule has 0 saturated carbocycles. The summed E-state index contributed by atoms with van der Waals surface area (Å²) in [6.07, 6.45) is 1.93. The summed E-state index contributed by atoms with van der Waals surface area (Å²) in [6, 6.07) is 5.92. The van der Waals surface area contributed by atoms with Gasteiger partial charge in [-0.2, -0.15) is 0 Å². The molecule has 18 heavy (non-hydrogen) atoms. The number of nitrogens with zero attached hydrogens (tertiary/aromatic N) is 1. The Morgan fingerprint density at radius 3 is 2.33 bits per heavy atom. The van der Waals surface area contributed by atoms with Crippen LogP contribution in [-0.2, 0) is 9.59 Å². The lowest BCUT2D eigenvalue weighted by atomic mass is 10.2. The van der Waals surface area contributed by atoms with Crippen molar-refractivity contribution in [3.8, 4) is 5.75 Å². The van der Waals surface area contributed by atoms with E-state index in [0.29, 0.717) is 12.1 Å². The van der Waals surface area contributed by atoms with E-state index in [-0.39, 0.29) is 18.2 Å². The molecule has 0 aliphatic rings. The number of carboxylic acid groups (broad SMARTS) is 1. The largest absolute Gasteiger partial charge is 0.508 e. The van der Waals surface area contributed by atoms with Crippen molar-refractivity contribution in [2.75, 3.05) is 11.4 Å². The minimum atomic E-state index is -1.06. The Bertz CT molecular complexity index is 414. The summed E-state index contributed by atoms with van der Waals surface area (Å²) in [7, 11) is 0. The van der Waals surface area contributed by atoms with Crippen molar-refractivity contribution >= 4 is 17.6 Å². The SMILES string of the molecule is CCCCC(=O)N(CC(=O)O)c1ccc(O)cc1. The van der Waals surface area contributed by atoms with Crippen LogP contribution in [0.5, 0.6) is 5.75 Å². The summed E-state index contributed by atoms with van der Waals surface area (Å²) in [5.74, 6) is -1.20. The Morgan fingerprint density at radius 2 is 1.83 bits per heavy atom. The number of rotatable bonds is 6. The molecule has 0 heterocycles. The number of aromatic hydroxyl groups is 1. The molecule has 0 spiro atoms. The third kappa shape index (κ3) is 4.08. The lowest BCUT2D eigenvalue weighted by Gasteiger charge is -2.20. The Balaban J connectivity index is 2.86. The van der Waals surface area contributed by atoms with Crippen molar-refractivity contribution in [3.63, 3.8) is 0 Å². The first-order chi connectivity index (χ1) is 8.54. The smallest absolute Gasteiger partial charge is 0.323 e. The number of anilines is 1. The highest BCUT2D eigenvalue weighted by atomic mass is 16.4. The van der Waals surface area contributed by atoms with Gasteiger partial charge in [-0.3, -0.25) is 9.59 Å².